The lowest BCUT2D eigenvalue weighted by atomic mass is 9.86. The van der Waals surface area contributed by atoms with Gasteiger partial charge in [-0.15, -0.1) is 0 Å². The minimum Gasteiger partial charge on any atom is -0.469 e. The van der Waals surface area contributed by atoms with E-state index in [1.54, 1.807) is 12.1 Å². The lowest BCUT2D eigenvalue weighted by Gasteiger charge is -2.29. The lowest BCUT2D eigenvalue weighted by Crippen LogP contribution is -2.42. The number of benzene rings is 1. The molecule has 1 aromatic rings. The molecule has 1 aromatic carbocycles. The van der Waals surface area contributed by atoms with E-state index in [0.717, 1.165) is 5.56 Å². The second kappa shape index (κ2) is 5.82. The molecule has 17 heavy (non-hydrogen) atoms. The summed E-state index contributed by atoms with van der Waals surface area (Å²) in [6.07, 6.45) is -4.04. The van der Waals surface area contributed by atoms with E-state index in [-0.39, 0.29) is 13.0 Å². The number of carbonyl (C=O) groups is 1. The van der Waals surface area contributed by atoms with E-state index in [1.165, 1.54) is 7.11 Å². The molecule has 0 amide bonds. The number of hydrogen-bond donors (Lipinski definition) is 1. The first-order chi connectivity index (χ1) is 9.78. The highest BCUT2D eigenvalue weighted by Gasteiger charge is 2.31. The third-order valence-electron chi connectivity index (χ3n) is 2.92. The Kier molecular flexibility index (Phi) is 2.70. The van der Waals surface area contributed by atoms with E-state index < -0.39 is 30.7 Å². The molecule has 1 fully saturated rings. The molecule has 1 saturated heterocycles. The predicted octanol–water partition coefficient (Wildman–Crippen LogP) is 2.09. The maximum Gasteiger partial charge on any atom is 0.314 e. The molecule has 0 bridgehead atoms. The second-order valence-electron chi connectivity index (χ2n) is 3.96. The highest BCUT2D eigenvalue weighted by molar-refractivity contribution is 5.79. The first-order valence-electron chi connectivity index (χ1n) is 7.65. The van der Waals surface area contributed by atoms with Crippen LogP contribution in [0.15, 0.2) is 30.3 Å². The average molecular weight is 237 g/mol. The van der Waals surface area contributed by atoms with Crippen molar-refractivity contribution in [3.05, 3.63) is 35.9 Å². The summed E-state index contributed by atoms with van der Waals surface area (Å²) in [5.74, 6) is -1.10. The minimum atomic E-state index is -2.00. The van der Waals surface area contributed by atoms with Crippen LogP contribution in [0.1, 0.15) is 36.1 Å². The molecule has 1 aliphatic heterocycles. The van der Waals surface area contributed by atoms with Crippen molar-refractivity contribution in [3.63, 3.8) is 0 Å². The molecule has 3 heteroatoms. The fourth-order valence-electron chi connectivity index (χ4n) is 2.05. The third-order valence-corrected chi connectivity index (χ3v) is 2.92. The first kappa shape index (κ1) is 7.88. The van der Waals surface area contributed by atoms with Crippen LogP contribution >= 0.6 is 0 Å². The summed E-state index contributed by atoms with van der Waals surface area (Å²) in [7, 11) is 1.30. The molecule has 3 nitrogen and oxygen atoms in total. The van der Waals surface area contributed by atoms with E-state index in [9.17, 15) is 4.79 Å². The van der Waals surface area contributed by atoms with E-state index >= 15 is 0 Å². The van der Waals surface area contributed by atoms with Gasteiger partial charge in [0.15, 0.2) is 0 Å². The van der Waals surface area contributed by atoms with Gasteiger partial charge in [0.2, 0.25) is 0 Å². The molecule has 2 atom stereocenters. The lowest BCUT2D eigenvalue weighted by molar-refractivity contribution is -0.143. The molecule has 1 unspecified atom stereocenters. The molecule has 1 N–H and O–H groups in total. The zero-order chi connectivity index (χ0) is 15.7. The number of piperidine rings is 1. The standard InChI is InChI=1S/C14H19NO2/c1-17-14(16)13(11-7-3-2-4-8-11)12-9-5-6-10-15-12/h2-4,7-8,12-13,15H,5-6,9-10H2,1H3/t12-,13?/m0/s1/i5D2,6D2. The largest absolute Gasteiger partial charge is 0.469 e. The van der Waals surface area contributed by atoms with E-state index in [2.05, 4.69) is 5.32 Å². The molecular weight excluding hydrogens is 214 g/mol. The van der Waals surface area contributed by atoms with Crippen LogP contribution in [-0.4, -0.2) is 25.7 Å². The maximum absolute atomic E-state index is 12.1. The van der Waals surface area contributed by atoms with Crippen molar-refractivity contribution >= 4 is 5.97 Å². The molecule has 92 valence electrons. The Bertz CT molecular complexity index is 507. The Balaban J connectivity index is 2.29. The quantitative estimate of drug-likeness (QED) is 0.818. The molecule has 0 aliphatic carbocycles. The zero-order valence-corrected chi connectivity index (χ0v) is 9.77. The zero-order valence-electron chi connectivity index (χ0n) is 13.8. The SMILES string of the molecule is [2H]C1([2H])CN[C@H](C(C(=O)OC)c2ccccc2)CC1([2H])[2H]. The van der Waals surface area contributed by atoms with Gasteiger partial charge >= 0.3 is 5.97 Å². The van der Waals surface area contributed by atoms with Crippen molar-refractivity contribution < 1.29 is 15.0 Å². The van der Waals surface area contributed by atoms with Crippen LogP contribution in [0, 0.1) is 0 Å². The second-order valence-corrected chi connectivity index (χ2v) is 3.96. The van der Waals surface area contributed by atoms with E-state index in [1.807, 2.05) is 18.2 Å². The van der Waals surface area contributed by atoms with Crippen molar-refractivity contribution in [2.45, 2.75) is 31.1 Å². The maximum atomic E-state index is 12.1. The molecule has 2 rings (SSSR count). The van der Waals surface area contributed by atoms with Gasteiger partial charge in [-0.1, -0.05) is 36.7 Å². The van der Waals surface area contributed by atoms with Crippen molar-refractivity contribution in [2.75, 3.05) is 13.7 Å². The first-order valence-corrected chi connectivity index (χ1v) is 5.65. The third kappa shape index (κ3) is 2.86. The summed E-state index contributed by atoms with van der Waals surface area (Å²) >= 11 is 0. The Morgan fingerprint density at radius 3 is 2.88 bits per heavy atom. The summed E-state index contributed by atoms with van der Waals surface area (Å²) in [5.41, 5.74) is 0.736. The van der Waals surface area contributed by atoms with Gasteiger partial charge in [-0.05, 0) is 24.9 Å². The van der Waals surface area contributed by atoms with Crippen LogP contribution in [0.25, 0.3) is 0 Å². The number of esters is 1. The average Bonchev–Trinajstić information content (AvgIpc) is 2.44. The minimum absolute atomic E-state index is 0.0886. The van der Waals surface area contributed by atoms with Gasteiger partial charge in [-0.3, -0.25) is 4.79 Å². The number of rotatable bonds is 3. The number of methoxy groups -OCH3 is 1. The fourth-order valence-corrected chi connectivity index (χ4v) is 2.05. The van der Waals surface area contributed by atoms with Crippen LogP contribution in [0.3, 0.4) is 0 Å². The van der Waals surface area contributed by atoms with Crippen molar-refractivity contribution in [2.24, 2.45) is 0 Å². The Morgan fingerprint density at radius 1 is 1.47 bits per heavy atom. The Labute approximate surface area is 108 Å². The number of ether oxygens (including phenoxy) is 1. The van der Waals surface area contributed by atoms with Crippen molar-refractivity contribution in [1.82, 2.24) is 5.32 Å². The Morgan fingerprint density at radius 2 is 2.24 bits per heavy atom. The van der Waals surface area contributed by atoms with Gasteiger partial charge in [0.1, 0.15) is 0 Å². The number of hydrogen-bond acceptors (Lipinski definition) is 3. The molecular formula is C14H19NO2. The van der Waals surface area contributed by atoms with Crippen LogP contribution in [-0.2, 0) is 9.53 Å². The van der Waals surface area contributed by atoms with Gasteiger partial charge in [-0.2, -0.15) is 0 Å². The molecule has 0 aromatic heterocycles. The van der Waals surface area contributed by atoms with Gasteiger partial charge < -0.3 is 10.1 Å². The van der Waals surface area contributed by atoms with Gasteiger partial charge in [-0.25, -0.2) is 0 Å². The number of nitrogens with one attached hydrogen (secondary N) is 1. The highest BCUT2D eigenvalue weighted by atomic mass is 16.5. The molecule has 1 aliphatic rings. The van der Waals surface area contributed by atoms with Crippen molar-refractivity contribution in [3.8, 4) is 0 Å². The summed E-state index contributed by atoms with van der Waals surface area (Å²) in [6, 6.07) is 8.54. The van der Waals surface area contributed by atoms with Gasteiger partial charge in [0.05, 0.1) is 13.0 Å². The van der Waals surface area contributed by atoms with Crippen molar-refractivity contribution in [1.29, 1.82) is 0 Å². The van der Waals surface area contributed by atoms with Crippen LogP contribution < -0.4 is 5.32 Å². The predicted molar refractivity (Wildman–Crippen MR) is 66.8 cm³/mol. The van der Waals surface area contributed by atoms with E-state index in [4.69, 9.17) is 10.2 Å². The fraction of sp³-hybridized carbons (Fsp3) is 0.500. The summed E-state index contributed by atoms with van der Waals surface area (Å²) in [6.45, 7) is -0.134. The topological polar surface area (TPSA) is 38.3 Å². The summed E-state index contributed by atoms with van der Waals surface area (Å²) in [4.78, 5) is 12.1. The Hall–Kier alpha value is -1.35. The summed E-state index contributed by atoms with van der Waals surface area (Å²) in [5, 5.41) is 2.96. The molecule has 0 saturated carbocycles. The monoisotopic (exact) mass is 237 g/mol. The van der Waals surface area contributed by atoms with E-state index in [0.29, 0.717) is 0 Å². The number of carbonyl (C=O) groups excluding carboxylic acids is 1. The van der Waals surface area contributed by atoms with Crippen LogP contribution in [0.4, 0.5) is 0 Å². The van der Waals surface area contributed by atoms with Gasteiger partial charge in [0.25, 0.3) is 0 Å². The molecule has 0 spiro atoms. The van der Waals surface area contributed by atoms with Crippen LogP contribution in [0.2, 0.25) is 0 Å². The summed E-state index contributed by atoms with van der Waals surface area (Å²) < 4.78 is 36.1. The molecule has 1 heterocycles. The van der Waals surface area contributed by atoms with Crippen LogP contribution in [0.5, 0.6) is 0 Å². The normalized spacial score (nSPS) is 31.2. The smallest absolute Gasteiger partial charge is 0.314 e. The highest BCUT2D eigenvalue weighted by Crippen LogP contribution is 2.26. The van der Waals surface area contributed by atoms with Gasteiger partial charge in [0, 0.05) is 11.5 Å². The molecule has 0 radical (unpaired) electrons.